The second-order valence-corrected chi connectivity index (χ2v) is 6.71. The van der Waals surface area contributed by atoms with Crippen LogP contribution in [0.3, 0.4) is 0 Å². The standard InChI is InChI=1S/C17H20O4S/c1-3-13(2)15-6-8-16(9-7-15)21-12-14-4-10-17(11-5-14)22(18,19)20/h4-11,13H,3,12H2,1-2H3,(H,18,19,20). The van der Waals surface area contributed by atoms with Crippen molar-refractivity contribution in [3.05, 3.63) is 59.7 Å². The van der Waals surface area contributed by atoms with E-state index in [0.29, 0.717) is 12.5 Å². The predicted molar refractivity (Wildman–Crippen MR) is 85.7 cm³/mol. The molecule has 0 amide bonds. The monoisotopic (exact) mass is 320 g/mol. The third-order valence-corrected chi connectivity index (χ3v) is 4.56. The molecule has 1 unspecified atom stereocenters. The van der Waals surface area contributed by atoms with E-state index in [1.807, 2.05) is 12.1 Å². The van der Waals surface area contributed by atoms with Crippen molar-refractivity contribution in [3.8, 4) is 5.75 Å². The van der Waals surface area contributed by atoms with E-state index in [4.69, 9.17) is 9.29 Å². The van der Waals surface area contributed by atoms with Gasteiger partial charge in [-0.05, 0) is 47.7 Å². The van der Waals surface area contributed by atoms with Crippen LogP contribution in [-0.2, 0) is 16.7 Å². The zero-order valence-electron chi connectivity index (χ0n) is 12.7. The van der Waals surface area contributed by atoms with Gasteiger partial charge in [-0.3, -0.25) is 4.55 Å². The number of rotatable bonds is 6. The topological polar surface area (TPSA) is 63.6 Å². The average Bonchev–Trinajstić information content (AvgIpc) is 2.52. The molecule has 1 atom stereocenters. The van der Waals surface area contributed by atoms with Gasteiger partial charge in [-0.1, -0.05) is 38.1 Å². The van der Waals surface area contributed by atoms with Gasteiger partial charge in [-0.15, -0.1) is 0 Å². The Kier molecular flexibility index (Phi) is 5.21. The Morgan fingerprint density at radius 2 is 1.64 bits per heavy atom. The number of hydrogen-bond acceptors (Lipinski definition) is 3. The van der Waals surface area contributed by atoms with Crippen LogP contribution in [0.25, 0.3) is 0 Å². The third kappa shape index (κ3) is 4.32. The highest BCUT2D eigenvalue weighted by Gasteiger charge is 2.08. The first-order valence-electron chi connectivity index (χ1n) is 7.19. The van der Waals surface area contributed by atoms with Crippen molar-refractivity contribution in [2.75, 3.05) is 0 Å². The summed E-state index contributed by atoms with van der Waals surface area (Å²) in [6, 6.07) is 14.0. The molecule has 0 saturated heterocycles. The molecule has 0 saturated carbocycles. The van der Waals surface area contributed by atoms with E-state index in [2.05, 4.69) is 26.0 Å². The molecule has 5 heteroatoms. The van der Waals surface area contributed by atoms with Crippen molar-refractivity contribution >= 4 is 10.1 Å². The number of hydrogen-bond donors (Lipinski definition) is 1. The van der Waals surface area contributed by atoms with Gasteiger partial charge in [0, 0.05) is 0 Å². The van der Waals surface area contributed by atoms with Gasteiger partial charge in [0.1, 0.15) is 12.4 Å². The van der Waals surface area contributed by atoms with Crippen molar-refractivity contribution in [2.45, 2.75) is 37.7 Å². The molecule has 0 spiro atoms. The largest absolute Gasteiger partial charge is 0.489 e. The lowest BCUT2D eigenvalue weighted by Gasteiger charge is -2.11. The summed E-state index contributed by atoms with van der Waals surface area (Å²) in [6.45, 7) is 4.69. The van der Waals surface area contributed by atoms with Crippen molar-refractivity contribution < 1.29 is 17.7 Å². The quantitative estimate of drug-likeness (QED) is 0.816. The van der Waals surface area contributed by atoms with E-state index in [9.17, 15) is 8.42 Å². The Morgan fingerprint density at radius 1 is 1.05 bits per heavy atom. The van der Waals surface area contributed by atoms with E-state index in [1.54, 1.807) is 12.1 Å². The van der Waals surface area contributed by atoms with Crippen LogP contribution in [0.4, 0.5) is 0 Å². The van der Waals surface area contributed by atoms with Crippen molar-refractivity contribution in [1.29, 1.82) is 0 Å². The lowest BCUT2D eigenvalue weighted by molar-refractivity contribution is 0.306. The normalized spacial score (nSPS) is 12.9. The fraction of sp³-hybridized carbons (Fsp3) is 0.294. The molecular weight excluding hydrogens is 300 g/mol. The molecule has 0 aliphatic heterocycles. The first-order chi connectivity index (χ1) is 10.4. The van der Waals surface area contributed by atoms with E-state index in [1.165, 1.54) is 17.7 Å². The molecule has 0 aromatic heterocycles. The van der Waals surface area contributed by atoms with Crippen LogP contribution in [0.15, 0.2) is 53.4 Å². The Hall–Kier alpha value is -1.85. The van der Waals surface area contributed by atoms with Gasteiger partial charge in [0.15, 0.2) is 0 Å². The predicted octanol–water partition coefficient (Wildman–Crippen LogP) is 4.03. The van der Waals surface area contributed by atoms with Crippen LogP contribution < -0.4 is 4.74 Å². The van der Waals surface area contributed by atoms with Gasteiger partial charge in [0.2, 0.25) is 0 Å². The van der Waals surface area contributed by atoms with Crippen molar-refractivity contribution in [3.63, 3.8) is 0 Å². The van der Waals surface area contributed by atoms with Crippen molar-refractivity contribution in [1.82, 2.24) is 0 Å². The van der Waals surface area contributed by atoms with Gasteiger partial charge in [0.05, 0.1) is 4.90 Å². The van der Waals surface area contributed by atoms with Gasteiger partial charge in [-0.2, -0.15) is 8.42 Å². The lowest BCUT2D eigenvalue weighted by atomic mass is 9.99. The van der Waals surface area contributed by atoms with E-state index >= 15 is 0 Å². The summed E-state index contributed by atoms with van der Waals surface area (Å²) in [5, 5.41) is 0. The summed E-state index contributed by atoms with van der Waals surface area (Å²) in [5.41, 5.74) is 2.12. The summed E-state index contributed by atoms with van der Waals surface area (Å²) >= 11 is 0. The molecular formula is C17H20O4S. The molecule has 2 rings (SSSR count). The first-order valence-corrected chi connectivity index (χ1v) is 8.63. The fourth-order valence-electron chi connectivity index (χ4n) is 2.05. The molecule has 0 fully saturated rings. The lowest BCUT2D eigenvalue weighted by Crippen LogP contribution is -2.00. The summed E-state index contributed by atoms with van der Waals surface area (Å²) in [7, 11) is -4.14. The maximum Gasteiger partial charge on any atom is 0.294 e. The molecule has 0 bridgehead atoms. The first kappa shape index (κ1) is 16.5. The van der Waals surface area contributed by atoms with E-state index in [0.717, 1.165) is 17.7 Å². The van der Waals surface area contributed by atoms with E-state index in [-0.39, 0.29) is 4.90 Å². The Bertz CT molecular complexity index is 703. The smallest absolute Gasteiger partial charge is 0.294 e. The Labute approximate surface area is 131 Å². The molecule has 0 aliphatic rings. The molecule has 4 nitrogen and oxygen atoms in total. The third-order valence-electron chi connectivity index (χ3n) is 3.69. The second-order valence-electron chi connectivity index (χ2n) is 5.29. The molecule has 1 N–H and O–H groups in total. The van der Waals surface area contributed by atoms with Crippen LogP contribution in [-0.4, -0.2) is 13.0 Å². The zero-order valence-corrected chi connectivity index (χ0v) is 13.5. The molecule has 0 aliphatic carbocycles. The summed E-state index contributed by atoms with van der Waals surface area (Å²) in [5.74, 6) is 1.30. The van der Waals surface area contributed by atoms with Crippen LogP contribution in [0.2, 0.25) is 0 Å². The molecule has 2 aromatic rings. The second kappa shape index (κ2) is 6.94. The van der Waals surface area contributed by atoms with Crippen LogP contribution in [0.5, 0.6) is 5.75 Å². The minimum absolute atomic E-state index is 0.117. The molecule has 0 heterocycles. The highest BCUT2D eigenvalue weighted by molar-refractivity contribution is 7.85. The molecule has 22 heavy (non-hydrogen) atoms. The van der Waals surface area contributed by atoms with Crippen LogP contribution in [0, 0.1) is 0 Å². The maximum atomic E-state index is 11.0. The summed E-state index contributed by atoms with van der Waals surface area (Å²) < 4.78 is 36.5. The summed E-state index contributed by atoms with van der Waals surface area (Å²) in [4.78, 5) is -0.117. The molecule has 0 radical (unpaired) electrons. The highest BCUT2D eigenvalue weighted by Crippen LogP contribution is 2.22. The Morgan fingerprint density at radius 3 is 2.14 bits per heavy atom. The van der Waals surface area contributed by atoms with Gasteiger partial charge < -0.3 is 4.74 Å². The van der Waals surface area contributed by atoms with Gasteiger partial charge >= 0.3 is 0 Å². The minimum Gasteiger partial charge on any atom is -0.489 e. The van der Waals surface area contributed by atoms with Gasteiger partial charge in [-0.25, -0.2) is 0 Å². The average molecular weight is 320 g/mol. The molecule has 118 valence electrons. The highest BCUT2D eigenvalue weighted by atomic mass is 32.2. The Balaban J connectivity index is 1.98. The number of benzene rings is 2. The van der Waals surface area contributed by atoms with E-state index < -0.39 is 10.1 Å². The van der Waals surface area contributed by atoms with Crippen molar-refractivity contribution in [2.24, 2.45) is 0 Å². The summed E-state index contributed by atoms with van der Waals surface area (Å²) in [6.07, 6.45) is 1.10. The van der Waals surface area contributed by atoms with Crippen LogP contribution >= 0.6 is 0 Å². The maximum absolute atomic E-state index is 11.0. The number of ether oxygens (including phenoxy) is 1. The SMILES string of the molecule is CCC(C)c1ccc(OCc2ccc(S(=O)(=O)O)cc2)cc1. The fourth-order valence-corrected chi connectivity index (χ4v) is 2.53. The minimum atomic E-state index is -4.14. The van der Waals surface area contributed by atoms with Crippen LogP contribution in [0.1, 0.15) is 37.3 Å². The zero-order chi connectivity index (χ0) is 16.2. The van der Waals surface area contributed by atoms with Gasteiger partial charge in [0.25, 0.3) is 10.1 Å². The molecule has 2 aromatic carbocycles.